The van der Waals surface area contributed by atoms with Crippen LogP contribution in [0.25, 0.3) is 0 Å². The van der Waals surface area contributed by atoms with Crippen molar-refractivity contribution in [2.45, 2.75) is 13.3 Å². The van der Waals surface area contributed by atoms with Crippen LogP contribution in [-0.2, 0) is 14.8 Å². The lowest BCUT2D eigenvalue weighted by Gasteiger charge is -2.19. The van der Waals surface area contributed by atoms with Crippen LogP contribution < -0.4 is 9.62 Å². The number of hydrogen-bond acceptors (Lipinski definition) is 3. The molecule has 0 aliphatic carbocycles. The minimum Gasteiger partial charge on any atom is -0.326 e. The third kappa shape index (κ3) is 2.59. The van der Waals surface area contributed by atoms with Crippen LogP contribution in [0, 0.1) is 0 Å². The van der Waals surface area contributed by atoms with Crippen LogP contribution >= 0.6 is 11.6 Å². The Hall–Kier alpha value is -1.27. The Morgan fingerprint density at radius 3 is 2.72 bits per heavy atom. The molecule has 0 radical (unpaired) electrons. The van der Waals surface area contributed by atoms with Crippen molar-refractivity contribution in [1.29, 1.82) is 0 Å². The van der Waals surface area contributed by atoms with E-state index in [1.165, 1.54) is 11.2 Å². The topological polar surface area (TPSA) is 66.5 Å². The zero-order chi connectivity index (χ0) is 13.3. The molecule has 0 saturated carbocycles. The van der Waals surface area contributed by atoms with Crippen molar-refractivity contribution in [2.75, 3.05) is 21.9 Å². The van der Waals surface area contributed by atoms with E-state index < -0.39 is 10.0 Å². The van der Waals surface area contributed by atoms with Gasteiger partial charge in [0.25, 0.3) is 0 Å². The maximum absolute atomic E-state index is 11.8. The summed E-state index contributed by atoms with van der Waals surface area (Å²) in [6.45, 7) is 1.81. The van der Waals surface area contributed by atoms with Gasteiger partial charge in [0.05, 0.1) is 16.5 Å². The fraction of sp³-hybridized carbons (Fsp3) is 0.364. The smallest absolute Gasteiger partial charge is 0.235 e. The van der Waals surface area contributed by atoms with Gasteiger partial charge in [-0.1, -0.05) is 11.6 Å². The highest BCUT2D eigenvalue weighted by atomic mass is 35.5. The predicted octanol–water partition coefficient (Wildman–Crippen LogP) is 1.84. The van der Waals surface area contributed by atoms with E-state index in [9.17, 15) is 13.2 Å². The quantitative estimate of drug-likeness (QED) is 0.903. The Morgan fingerprint density at radius 2 is 2.17 bits per heavy atom. The second kappa shape index (κ2) is 4.78. The average Bonchev–Trinajstić information content (AvgIpc) is 2.60. The molecule has 0 unspecified atom stereocenters. The Balaban J connectivity index is 2.40. The van der Waals surface area contributed by atoms with Crippen LogP contribution in [0.4, 0.5) is 11.4 Å². The van der Waals surface area contributed by atoms with Crippen molar-refractivity contribution in [1.82, 2.24) is 0 Å². The third-order valence-electron chi connectivity index (χ3n) is 2.63. The maximum atomic E-state index is 11.8. The molecule has 98 valence electrons. The van der Waals surface area contributed by atoms with E-state index in [1.54, 1.807) is 18.2 Å². The molecule has 0 spiro atoms. The van der Waals surface area contributed by atoms with Gasteiger partial charge in [-0.2, -0.15) is 0 Å². The number of nitrogens with zero attached hydrogens (tertiary/aromatic N) is 1. The first-order chi connectivity index (χ1) is 8.40. The summed E-state index contributed by atoms with van der Waals surface area (Å²) in [5.41, 5.74) is 0.949. The maximum Gasteiger partial charge on any atom is 0.235 e. The normalized spacial score (nSPS) is 17.8. The summed E-state index contributed by atoms with van der Waals surface area (Å²) in [5.74, 6) is -0.0826. The summed E-state index contributed by atoms with van der Waals surface area (Å²) >= 11 is 6.02. The van der Waals surface area contributed by atoms with Gasteiger partial charge in [0.2, 0.25) is 15.9 Å². The fourth-order valence-corrected chi connectivity index (χ4v) is 3.74. The Kier molecular flexibility index (Phi) is 3.49. The van der Waals surface area contributed by atoms with Crippen molar-refractivity contribution < 1.29 is 13.2 Å². The molecule has 1 amide bonds. The van der Waals surface area contributed by atoms with Gasteiger partial charge in [0.1, 0.15) is 0 Å². The number of rotatable bonds is 2. The second-order valence-corrected chi connectivity index (χ2v) is 6.51. The highest BCUT2D eigenvalue weighted by Crippen LogP contribution is 2.33. The molecule has 0 bridgehead atoms. The average molecular weight is 289 g/mol. The summed E-state index contributed by atoms with van der Waals surface area (Å²) in [7, 11) is -3.27. The molecule has 7 heteroatoms. The van der Waals surface area contributed by atoms with Crippen LogP contribution in [0.15, 0.2) is 18.2 Å². The predicted molar refractivity (Wildman–Crippen MR) is 71.5 cm³/mol. The number of halogens is 1. The minimum atomic E-state index is -3.27. The number of carbonyl (C=O) groups is 1. The highest BCUT2D eigenvalue weighted by molar-refractivity contribution is 7.93. The second-order valence-electron chi connectivity index (χ2n) is 4.09. The molecule has 1 aromatic rings. The number of anilines is 2. The van der Waals surface area contributed by atoms with Gasteiger partial charge in [-0.3, -0.25) is 9.10 Å². The molecule has 0 aromatic heterocycles. The largest absolute Gasteiger partial charge is 0.326 e. The Bertz CT molecular complexity index is 586. The molecule has 1 fully saturated rings. The summed E-state index contributed by atoms with van der Waals surface area (Å²) in [6, 6.07) is 4.79. The highest BCUT2D eigenvalue weighted by Gasteiger charge is 2.29. The number of sulfonamides is 1. The van der Waals surface area contributed by atoms with Gasteiger partial charge >= 0.3 is 0 Å². The third-order valence-corrected chi connectivity index (χ3v) is 4.81. The van der Waals surface area contributed by atoms with Crippen molar-refractivity contribution in [3.05, 3.63) is 23.2 Å². The van der Waals surface area contributed by atoms with Crippen LogP contribution in [0.3, 0.4) is 0 Å². The zero-order valence-corrected chi connectivity index (χ0v) is 11.4. The molecule has 1 heterocycles. The minimum absolute atomic E-state index is 0.133. The van der Waals surface area contributed by atoms with E-state index >= 15 is 0 Å². The molecule has 18 heavy (non-hydrogen) atoms. The lowest BCUT2D eigenvalue weighted by molar-refractivity contribution is -0.114. The molecular weight excluding hydrogens is 276 g/mol. The van der Waals surface area contributed by atoms with Gasteiger partial charge in [-0.25, -0.2) is 8.42 Å². The Morgan fingerprint density at radius 1 is 1.44 bits per heavy atom. The zero-order valence-electron chi connectivity index (χ0n) is 9.81. The summed E-state index contributed by atoms with van der Waals surface area (Å²) < 4.78 is 24.9. The number of nitrogens with one attached hydrogen (secondary N) is 1. The molecular formula is C11H13ClN2O3S. The molecule has 1 aromatic carbocycles. The van der Waals surface area contributed by atoms with Crippen LogP contribution in [0.1, 0.15) is 13.3 Å². The molecule has 1 aliphatic rings. The monoisotopic (exact) mass is 288 g/mol. The standard InChI is InChI=1S/C11H13ClN2O3S/c1-8(15)13-9-3-4-10(12)11(7-9)14-5-2-6-18(14,16)17/h3-4,7H,2,5-6H2,1H3,(H,13,15). The van der Waals surface area contributed by atoms with Crippen molar-refractivity contribution >= 4 is 38.9 Å². The molecule has 1 N–H and O–H groups in total. The van der Waals surface area contributed by atoms with E-state index in [4.69, 9.17) is 11.6 Å². The van der Waals surface area contributed by atoms with Crippen molar-refractivity contribution in [2.24, 2.45) is 0 Å². The van der Waals surface area contributed by atoms with Gasteiger partial charge in [-0.05, 0) is 24.6 Å². The van der Waals surface area contributed by atoms with Gasteiger partial charge in [0, 0.05) is 19.2 Å². The number of amides is 1. The first-order valence-electron chi connectivity index (χ1n) is 5.48. The van der Waals surface area contributed by atoms with Crippen molar-refractivity contribution in [3.63, 3.8) is 0 Å². The summed E-state index contributed by atoms with van der Waals surface area (Å²) in [5, 5.41) is 2.96. The van der Waals surface area contributed by atoms with Crippen LogP contribution in [0.5, 0.6) is 0 Å². The Labute approximate surface area is 111 Å². The SMILES string of the molecule is CC(=O)Nc1ccc(Cl)c(N2CCCS2(=O)=O)c1. The van der Waals surface area contributed by atoms with E-state index in [0.29, 0.717) is 29.4 Å². The number of benzene rings is 1. The van der Waals surface area contributed by atoms with Crippen LogP contribution in [0.2, 0.25) is 5.02 Å². The lowest BCUT2D eigenvalue weighted by atomic mass is 10.2. The molecule has 1 aliphatic heterocycles. The fourth-order valence-electron chi connectivity index (χ4n) is 1.89. The van der Waals surface area contributed by atoms with Crippen LogP contribution in [-0.4, -0.2) is 26.6 Å². The number of hydrogen-bond donors (Lipinski definition) is 1. The summed E-state index contributed by atoms with van der Waals surface area (Å²) in [6.07, 6.45) is 0.586. The number of carbonyl (C=O) groups excluding carboxylic acids is 1. The van der Waals surface area contributed by atoms with E-state index in [-0.39, 0.29) is 11.7 Å². The van der Waals surface area contributed by atoms with E-state index in [0.717, 1.165) is 0 Å². The lowest BCUT2D eigenvalue weighted by Crippen LogP contribution is -2.25. The first-order valence-corrected chi connectivity index (χ1v) is 7.46. The van der Waals surface area contributed by atoms with Gasteiger partial charge in [-0.15, -0.1) is 0 Å². The summed E-state index contributed by atoms with van der Waals surface area (Å²) in [4.78, 5) is 11.0. The molecule has 1 saturated heterocycles. The van der Waals surface area contributed by atoms with Gasteiger partial charge < -0.3 is 5.32 Å². The van der Waals surface area contributed by atoms with E-state index in [2.05, 4.69) is 5.32 Å². The molecule has 2 rings (SSSR count). The van der Waals surface area contributed by atoms with E-state index in [1.807, 2.05) is 0 Å². The molecule has 0 atom stereocenters. The molecule has 5 nitrogen and oxygen atoms in total. The van der Waals surface area contributed by atoms with Crippen molar-refractivity contribution in [3.8, 4) is 0 Å². The van der Waals surface area contributed by atoms with Gasteiger partial charge in [0.15, 0.2) is 0 Å². The first kappa shape index (κ1) is 13.2.